The molecule has 0 rings (SSSR count). The molecule has 0 radical (unpaired) electrons. The molecule has 0 aromatic heterocycles. The number of hydrogen-bond donors (Lipinski definition) is 4. The van der Waals surface area contributed by atoms with Crippen LogP contribution < -0.4 is 5.73 Å². The molecule has 0 unspecified atom stereocenters. The SMILES string of the molecule is N[C@H](CSCP(=O)(O)O)C(=O)O. The first-order valence-corrected chi connectivity index (χ1v) is 5.89. The Morgan fingerprint density at radius 2 is 2.08 bits per heavy atom. The minimum Gasteiger partial charge on any atom is -0.480 e. The van der Waals surface area contributed by atoms with Crippen LogP contribution in [0.2, 0.25) is 0 Å². The maximum absolute atomic E-state index is 10.3. The normalized spacial score (nSPS) is 14.2. The number of rotatable bonds is 5. The van der Waals surface area contributed by atoms with Gasteiger partial charge in [-0.15, -0.1) is 11.8 Å². The highest BCUT2D eigenvalue weighted by Crippen LogP contribution is 2.38. The number of carbonyl (C=O) groups is 1. The Bertz CT molecular complexity index is 204. The zero-order chi connectivity index (χ0) is 9.78. The van der Waals surface area contributed by atoms with Crippen LogP contribution >= 0.6 is 19.4 Å². The van der Waals surface area contributed by atoms with E-state index in [1.807, 2.05) is 0 Å². The molecule has 0 aromatic rings. The monoisotopic (exact) mass is 215 g/mol. The Labute approximate surface area is 73.3 Å². The number of thioether (sulfide) groups is 1. The van der Waals surface area contributed by atoms with Crippen molar-refractivity contribution in [1.82, 2.24) is 0 Å². The van der Waals surface area contributed by atoms with E-state index in [-0.39, 0.29) is 5.75 Å². The molecule has 0 bridgehead atoms. The summed E-state index contributed by atoms with van der Waals surface area (Å²) in [4.78, 5) is 26.9. The predicted octanol–water partition coefficient (Wildman–Crippen LogP) is -0.733. The second kappa shape index (κ2) is 4.84. The third-order valence-electron chi connectivity index (χ3n) is 0.874. The van der Waals surface area contributed by atoms with Crippen molar-refractivity contribution in [3.63, 3.8) is 0 Å². The van der Waals surface area contributed by atoms with Crippen molar-refractivity contribution in [3.8, 4) is 0 Å². The number of hydrogen-bond acceptors (Lipinski definition) is 4. The van der Waals surface area contributed by atoms with Crippen molar-refractivity contribution in [3.05, 3.63) is 0 Å². The first-order chi connectivity index (χ1) is 5.33. The lowest BCUT2D eigenvalue weighted by Gasteiger charge is -2.06. The molecule has 0 aliphatic carbocycles. The van der Waals surface area contributed by atoms with Gasteiger partial charge in [0.2, 0.25) is 0 Å². The highest BCUT2D eigenvalue weighted by atomic mass is 32.2. The van der Waals surface area contributed by atoms with Gasteiger partial charge in [0.1, 0.15) is 6.04 Å². The van der Waals surface area contributed by atoms with Gasteiger partial charge in [0.25, 0.3) is 0 Å². The first kappa shape index (κ1) is 11.9. The summed E-state index contributed by atoms with van der Waals surface area (Å²) in [6.45, 7) is 0. The van der Waals surface area contributed by atoms with Crippen molar-refractivity contribution < 1.29 is 24.3 Å². The Kier molecular flexibility index (Phi) is 4.81. The lowest BCUT2D eigenvalue weighted by Crippen LogP contribution is -2.32. The minimum atomic E-state index is -4.04. The molecular weight excluding hydrogens is 205 g/mol. The standard InChI is InChI=1S/C4H10NO5PS/c5-3(4(6)7)1-12-2-11(8,9)10/h3H,1-2,5H2,(H,6,7)(H2,8,9,10)/t3-/m1/s1. The van der Waals surface area contributed by atoms with Crippen LogP contribution in [-0.4, -0.2) is 38.2 Å². The number of aliphatic carboxylic acids is 1. The summed E-state index contributed by atoms with van der Waals surface area (Å²) in [5, 5.41) is 8.28. The zero-order valence-corrected chi connectivity index (χ0v) is 7.79. The molecule has 0 saturated heterocycles. The molecule has 8 heteroatoms. The fraction of sp³-hybridized carbons (Fsp3) is 0.750. The highest BCUT2D eigenvalue weighted by molar-refractivity contribution is 8.04. The van der Waals surface area contributed by atoms with E-state index in [0.29, 0.717) is 0 Å². The topological polar surface area (TPSA) is 121 Å². The molecule has 0 spiro atoms. The van der Waals surface area contributed by atoms with E-state index in [9.17, 15) is 9.36 Å². The van der Waals surface area contributed by atoms with Gasteiger partial charge in [0, 0.05) is 5.75 Å². The van der Waals surface area contributed by atoms with Crippen LogP contribution in [0, 0.1) is 0 Å². The molecule has 12 heavy (non-hydrogen) atoms. The van der Waals surface area contributed by atoms with Gasteiger partial charge < -0.3 is 20.6 Å². The van der Waals surface area contributed by atoms with Crippen molar-refractivity contribution >= 4 is 25.3 Å². The Hall–Kier alpha value is -0.0700. The molecule has 72 valence electrons. The van der Waals surface area contributed by atoms with Gasteiger partial charge >= 0.3 is 13.6 Å². The van der Waals surface area contributed by atoms with Crippen LogP contribution in [0.25, 0.3) is 0 Å². The summed E-state index contributed by atoms with van der Waals surface area (Å²) in [6, 6.07) is -1.07. The number of nitrogens with two attached hydrogens (primary N) is 1. The van der Waals surface area contributed by atoms with Crippen LogP contribution in [0.1, 0.15) is 0 Å². The van der Waals surface area contributed by atoms with Gasteiger partial charge in [-0.3, -0.25) is 9.36 Å². The van der Waals surface area contributed by atoms with Crippen molar-refractivity contribution in [2.24, 2.45) is 5.73 Å². The van der Waals surface area contributed by atoms with Crippen LogP contribution in [0.5, 0.6) is 0 Å². The summed E-state index contributed by atoms with van der Waals surface area (Å²) < 4.78 is 10.3. The smallest absolute Gasteiger partial charge is 0.335 e. The van der Waals surface area contributed by atoms with Crippen molar-refractivity contribution in [1.29, 1.82) is 0 Å². The van der Waals surface area contributed by atoms with E-state index in [4.69, 9.17) is 20.6 Å². The summed E-state index contributed by atoms with van der Waals surface area (Å²) in [6.07, 6.45) is 0. The van der Waals surface area contributed by atoms with Gasteiger partial charge in [-0.1, -0.05) is 0 Å². The Morgan fingerprint density at radius 1 is 1.58 bits per heavy atom. The fourth-order valence-electron chi connectivity index (χ4n) is 0.370. The van der Waals surface area contributed by atoms with Crippen molar-refractivity contribution in [2.45, 2.75) is 6.04 Å². The quantitative estimate of drug-likeness (QED) is 0.446. The number of carboxylic acids is 1. The third-order valence-corrected chi connectivity index (χ3v) is 3.54. The first-order valence-electron chi connectivity index (χ1n) is 2.93. The lowest BCUT2D eigenvalue weighted by molar-refractivity contribution is -0.137. The van der Waals surface area contributed by atoms with E-state index in [0.717, 1.165) is 11.8 Å². The van der Waals surface area contributed by atoms with E-state index < -0.39 is 25.1 Å². The zero-order valence-electron chi connectivity index (χ0n) is 6.08. The molecule has 1 atom stereocenters. The maximum atomic E-state index is 10.3. The van der Waals surface area contributed by atoms with E-state index in [1.54, 1.807) is 0 Å². The molecular formula is C4H10NO5PS. The van der Waals surface area contributed by atoms with Gasteiger partial charge in [0.05, 0.1) is 5.49 Å². The van der Waals surface area contributed by atoms with Gasteiger partial charge in [0.15, 0.2) is 0 Å². The molecule has 5 N–H and O–H groups in total. The van der Waals surface area contributed by atoms with Crippen LogP contribution in [0.15, 0.2) is 0 Å². The largest absolute Gasteiger partial charge is 0.480 e. The average molecular weight is 215 g/mol. The Balaban J connectivity index is 3.58. The summed E-state index contributed by atoms with van der Waals surface area (Å²) in [5.74, 6) is -1.17. The van der Waals surface area contributed by atoms with Crippen LogP contribution in [-0.2, 0) is 9.36 Å². The summed E-state index contributed by atoms with van der Waals surface area (Å²) >= 11 is 0.828. The lowest BCUT2D eigenvalue weighted by atomic mass is 10.4. The maximum Gasteiger partial charge on any atom is 0.335 e. The van der Waals surface area contributed by atoms with E-state index in [2.05, 4.69) is 0 Å². The molecule has 0 saturated carbocycles. The van der Waals surface area contributed by atoms with Gasteiger partial charge in [-0.05, 0) is 0 Å². The van der Waals surface area contributed by atoms with Gasteiger partial charge in [-0.25, -0.2) is 0 Å². The second-order valence-electron chi connectivity index (χ2n) is 2.11. The van der Waals surface area contributed by atoms with Gasteiger partial charge in [-0.2, -0.15) is 0 Å². The molecule has 0 aliphatic heterocycles. The molecule has 0 heterocycles. The summed E-state index contributed by atoms with van der Waals surface area (Å²) in [7, 11) is -4.04. The third kappa shape index (κ3) is 6.63. The predicted molar refractivity (Wildman–Crippen MR) is 45.0 cm³/mol. The van der Waals surface area contributed by atoms with Crippen LogP contribution in [0.3, 0.4) is 0 Å². The van der Waals surface area contributed by atoms with E-state index in [1.165, 1.54) is 0 Å². The average Bonchev–Trinajstić information content (AvgIpc) is 1.84. The number of carboxylic acid groups (broad SMARTS) is 1. The van der Waals surface area contributed by atoms with Crippen LogP contribution in [0.4, 0.5) is 0 Å². The highest BCUT2D eigenvalue weighted by Gasteiger charge is 2.16. The fourth-order valence-corrected chi connectivity index (χ4v) is 2.14. The summed E-state index contributed by atoms with van der Waals surface area (Å²) in [5.41, 5.74) is 4.68. The van der Waals surface area contributed by atoms with Crippen molar-refractivity contribution in [2.75, 3.05) is 11.2 Å². The second-order valence-corrected chi connectivity index (χ2v) is 5.21. The Morgan fingerprint density at radius 3 is 2.42 bits per heavy atom. The molecule has 0 aromatic carbocycles. The minimum absolute atomic E-state index is 0.000440. The molecule has 6 nitrogen and oxygen atoms in total. The molecule has 0 fully saturated rings. The molecule has 0 amide bonds. The molecule has 0 aliphatic rings. The van der Waals surface area contributed by atoms with E-state index >= 15 is 0 Å².